The molecule has 0 fully saturated rings. The van der Waals surface area contributed by atoms with E-state index in [-0.39, 0.29) is 5.75 Å². The molecule has 4 heteroatoms. The predicted octanol–water partition coefficient (Wildman–Crippen LogP) is 3.55. The average molecular weight is 295 g/mol. The number of phenols is 1. The molecule has 0 aliphatic carbocycles. The Balaban J connectivity index is 2.04. The lowest BCUT2D eigenvalue weighted by atomic mass is 10.0. The number of aromatic hydroxyl groups is 1. The number of benzene rings is 2. The average Bonchev–Trinajstić information content (AvgIpc) is 2.56. The third kappa shape index (κ3) is 2.55. The van der Waals surface area contributed by atoms with Gasteiger partial charge in [0.1, 0.15) is 5.75 Å². The van der Waals surface area contributed by atoms with Crippen LogP contribution in [0.5, 0.6) is 17.2 Å². The molecule has 1 aromatic heterocycles. The second kappa shape index (κ2) is 5.93. The zero-order chi connectivity index (χ0) is 15.5. The van der Waals surface area contributed by atoms with E-state index in [9.17, 15) is 5.11 Å². The smallest absolute Gasteiger partial charge is 0.161 e. The molecule has 0 bridgehead atoms. The number of fused-ring (bicyclic) bond motifs is 1. The zero-order valence-corrected chi connectivity index (χ0v) is 12.5. The number of aromatic nitrogens is 1. The van der Waals surface area contributed by atoms with E-state index in [1.165, 1.54) is 0 Å². The predicted molar refractivity (Wildman–Crippen MR) is 85.8 cm³/mol. The van der Waals surface area contributed by atoms with Gasteiger partial charge in [-0.25, -0.2) is 0 Å². The highest BCUT2D eigenvalue weighted by Gasteiger charge is 2.11. The standard InChI is InChI=1S/C18H17NO3/c1-21-14-6-7-15-12(10-14)8-9-19-16(15)11-13-4-3-5-17(22-2)18(13)20/h3-10,20H,11H2,1-2H3. The lowest BCUT2D eigenvalue weighted by Crippen LogP contribution is -1.96. The molecule has 0 atom stereocenters. The molecular formula is C18H17NO3. The summed E-state index contributed by atoms with van der Waals surface area (Å²) >= 11 is 0. The Morgan fingerprint density at radius 2 is 1.91 bits per heavy atom. The molecule has 22 heavy (non-hydrogen) atoms. The molecule has 3 rings (SSSR count). The fourth-order valence-electron chi connectivity index (χ4n) is 2.54. The fourth-order valence-corrected chi connectivity index (χ4v) is 2.54. The molecule has 4 nitrogen and oxygen atoms in total. The van der Waals surface area contributed by atoms with Gasteiger partial charge in [0.15, 0.2) is 11.5 Å². The van der Waals surface area contributed by atoms with Gasteiger partial charge >= 0.3 is 0 Å². The topological polar surface area (TPSA) is 51.6 Å². The van der Waals surface area contributed by atoms with E-state index < -0.39 is 0 Å². The maximum atomic E-state index is 10.2. The van der Waals surface area contributed by atoms with Gasteiger partial charge < -0.3 is 14.6 Å². The van der Waals surface area contributed by atoms with Crippen molar-refractivity contribution < 1.29 is 14.6 Å². The maximum absolute atomic E-state index is 10.2. The second-order valence-corrected chi connectivity index (χ2v) is 4.99. The summed E-state index contributed by atoms with van der Waals surface area (Å²) in [6.45, 7) is 0. The number of methoxy groups -OCH3 is 2. The van der Waals surface area contributed by atoms with Crippen LogP contribution in [0.2, 0.25) is 0 Å². The van der Waals surface area contributed by atoms with Crippen LogP contribution in [0.1, 0.15) is 11.3 Å². The Morgan fingerprint density at radius 1 is 1.05 bits per heavy atom. The van der Waals surface area contributed by atoms with E-state index >= 15 is 0 Å². The zero-order valence-electron chi connectivity index (χ0n) is 12.5. The van der Waals surface area contributed by atoms with Gasteiger partial charge in [0.25, 0.3) is 0 Å². The van der Waals surface area contributed by atoms with Crippen molar-refractivity contribution in [2.24, 2.45) is 0 Å². The van der Waals surface area contributed by atoms with E-state index in [0.717, 1.165) is 27.8 Å². The summed E-state index contributed by atoms with van der Waals surface area (Å²) in [5.74, 6) is 1.45. The van der Waals surface area contributed by atoms with Crippen LogP contribution in [0.3, 0.4) is 0 Å². The van der Waals surface area contributed by atoms with Crippen LogP contribution in [0, 0.1) is 0 Å². The van der Waals surface area contributed by atoms with E-state index in [0.29, 0.717) is 12.2 Å². The minimum absolute atomic E-state index is 0.164. The number of ether oxygens (including phenoxy) is 2. The number of hydrogen-bond acceptors (Lipinski definition) is 4. The molecule has 1 heterocycles. The van der Waals surface area contributed by atoms with Gasteiger partial charge in [-0.2, -0.15) is 0 Å². The normalized spacial score (nSPS) is 10.6. The Labute approximate surface area is 129 Å². The van der Waals surface area contributed by atoms with Crippen molar-refractivity contribution in [3.63, 3.8) is 0 Å². The summed E-state index contributed by atoms with van der Waals surface area (Å²) in [7, 11) is 3.19. The van der Waals surface area contributed by atoms with Crippen LogP contribution >= 0.6 is 0 Å². The highest BCUT2D eigenvalue weighted by atomic mass is 16.5. The van der Waals surface area contributed by atoms with Crippen molar-refractivity contribution in [1.29, 1.82) is 0 Å². The van der Waals surface area contributed by atoms with Crippen LogP contribution < -0.4 is 9.47 Å². The molecule has 0 radical (unpaired) electrons. The summed E-state index contributed by atoms with van der Waals surface area (Å²) in [5, 5.41) is 12.3. The van der Waals surface area contributed by atoms with E-state index in [2.05, 4.69) is 4.98 Å². The monoisotopic (exact) mass is 295 g/mol. The van der Waals surface area contributed by atoms with Crippen LogP contribution in [-0.4, -0.2) is 24.3 Å². The Hall–Kier alpha value is -2.75. The molecule has 3 aromatic rings. The van der Waals surface area contributed by atoms with Gasteiger partial charge in [-0.3, -0.25) is 4.98 Å². The Bertz CT molecular complexity index is 815. The van der Waals surface area contributed by atoms with Gasteiger partial charge in [-0.05, 0) is 35.7 Å². The van der Waals surface area contributed by atoms with Gasteiger partial charge in [-0.15, -0.1) is 0 Å². The molecule has 0 unspecified atom stereocenters. The number of hydrogen-bond donors (Lipinski definition) is 1. The number of nitrogens with zero attached hydrogens (tertiary/aromatic N) is 1. The van der Waals surface area contributed by atoms with Gasteiger partial charge in [0, 0.05) is 23.6 Å². The van der Waals surface area contributed by atoms with Gasteiger partial charge in [-0.1, -0.05) is 12.1 Å². The third-order valence-electron chi connectivity index (χ3n) is 3.71. The first-order valence-corrected chi connectivity index (χ1v) is 6.99. The number of phenolic OH excluding ortho intramolecular Hbond substituents is 1. The summed E-state index contributed by atoms with van der Waals surface area (Å²) in [5.41, 5.74) is 1.69. The Kier molecular flexibility index (Phi) is 3.83. The van der Waals surface area contributed by atoms with Crippen molar-refractivity contribution in [3.05, 3.63) is 59.9 Å². The molecule has 1 N–H and O–H groups in total. The number of rotatable bonds is 4. The SMILES string of the molecule is COc1ccc2c(Cc3cccc(OC)c3O)nccc2c1. The maximum Gasteiger partial charge on any atom is 0.161 e. The van der Waals surface area contributed by atoms with Crippen molar-refractivity contribution >= 4 is 10.8 Å². The summed E-state index contributed by atoms with van der Waals surface area (Å²) in [4.78, 5) is 4.46. The summed E-state index contributed by atoms with van der Waals surface area (Å²) in [6.07, 6.45) is 2.31. The quantitative estimate of drug-likeness (QED) is 0.799. The fraction of sp³-hybridized carbons (Fsp3) is 0.167. The largest absolute Gasteiger partial charge is 0.504 e. The molecule has 0 aliphatic rings. The first-order chi connectivity index (χ1) is 10.7. The molecular weight excluding hydrogens is 278 g/mol. The molecule has 0 saturated carbocycles. The summed E-state index contributed by atoms with van der Waals surface area (Å²) < 4.78 is 10.4. The van der Waals surface area contributed by atoms with E-state index in [1.54, 1.807) is 26.5 Å². The van der Waals surface area contributed by atoms with E-state index in [1.807, 2.05) is 36.4 Å². The lowest BCUT2D eigenvalue weighted by Gasteiger charge is -2.10. The number of pyridine rings is 1. The van der Waals surface area contributed by atoms with Crippen LogP contribution in [0.15, 0.2) is 48.7 Å². The highest BCUT2D eigenvalue weighted by Crippen LogP contribution is 2.32. The number of para-hydroxylation sites is 1. The molecule has 0 aliphatic heterocycles. The van der Waals surface area contributed by atoms with Crippen LogP contribution in [0.4, 0.5) is 0 Å². The van der Waals surface area contributed by atoms with Crippen LogP contribution in [-0.2, 0) is 6.42 Å². The first kappa shape index (κ1) is 14.2. The van der Waals surface area contributed by atoms with Crippen molar-refractivity contribution in [3.8, 4) is 17.2 Å². The summed E-state index contributed by atoms with van der Waals surface area (Å²) in [6, 6.07) is 13.3. The van der Waals surface area contributed by atoms with Crippen molar-refractivity contribution in [2.75, 3.05) is 14.2 Å². The molecule has 0 saturated heterocycles. The molecule has 0 amide bonds. The first-order valence-electron chi connectivity index (χ1n) is 6.99. The van der Waals surface area contributed by atoms with Crippen molar-refractivity contribution in [1.82, 2.24) is 4.98 Å². The highest BCUT2D eigenvalue weighted by molar-refractivity contribution is 5.86. The van der Waals surface area contributed by atoms with Gasteiger partial charge in [0.05, 0.1) is 19.9 Å². The minimum atomic E-state index is 0.164. The lowest BCUT2D eigenvalue weighted by molar-refractivity contribution is 0.371. The van der Waals surface area contributed by atoms with Gasteiger partial charge in [0.2, 0.25) is 0 Å². The molecule has 2 aromatic carbocycles. The van der Waals surface area contributed by atoms with Crippen LogP contribution in [0.25, 0.3) is 10.8 Å². The van der Waals surface area contributed by atoms with E-state index in [4.69, 9.17) is 9.47 Å². The minimum Gasteiger partial charge on any atom is -0.504 e. The van der Waals surface area contributed by atoms with Crippen molar-refractivity contribution in [2.45, 2.75) is 6.42 Å². The third-order valence-corrected chi connectivity index (χ3v) is 3.71. The molecule has 112 valence electrons. The Morgan fingerprint density at radius 3 is 2.68 bits per heavy atom. The second-order valence-electron chi connectivity index (χ2n) is 4.99. The molecule has 0 spiro atoms.